The van der Waals surface area contributed by atoms with E-state index >= 15 is 0 Å². The first-order valence-electron chi connectivity index (χ1n) is 5.19. The molecule has 1 aromatic rings. The number of hydrogen-bond donors (Lipinski definition) is 0. The molecule has 1 heterocycles. The quantitative estimate of drug-likeness (QED) is 0.592. The molecule has 0 aromatic heterocycles. The number of hydrogen-bond acceptors (Lipinski definition) is 4. The molecule has 0 saturated carbocycles. The fraction of sp³-hybridized carbons (Fsp3) is 0.364. The van der Waals surface area contributed by atoms with E-state index in [0.717, 1.165) is 0 Å². The van der Waals surface area contributed by atoms with Crippen molar-refractivity contribution >= 4 is 28.6 Å². The summed E-state index contributed by atoms with van der Waals surface area (Å²) in [7, 11) is 0. The molecule has 1 aliphatic rings. The van der Waals surface area contributed by atoms with Gasteiger partial charge in [-0.15, -0.1) is 10.2 Å². The van der Waals surface area contributed by atoms with Crippen LogP contribution in [0, 0.1) is 3.57 Å². The molecule has 0 spiro atoms. The Balaban J connectivity index is 2.23. The molecule has 0 N–H and O–H groups in total. The first-order chi connectivity index (χ1) is 8.76. The minimum atomic E-state index is -4.53. The molecular weight excluding hydrogens is 376 g/mol. The van der Waals surface area contributed by atoms with E-state index in [-0.39, 0.29) is 12.2 Å². The molecule has 0 saturated heterocycles. The monoisotopic (exact) mass is 384 g/mol. The maximum atomic E-state index is 12.8. The van der Waals surface area contributed by atoms with Gasteiger partial charge >= 0.3 is 17.8 Å². The van der Waals surface area contributed by atoms with Gasteiger partial charge in [-0.3, -0.25) is 4.79 Å². The highest BCUT2D eigenvalue weighted by molar-refractivity contribution is 14.1. The Morgan fingerprint density at radius 2 is 2.05 bits per heavy atom. The maximum Gasteiger partial charge on any atom is 0.442 e. The molecule has 8 heteroatoms. The van der Waals surface area contributed by atoms with Crippen LogP contribution in [0.2, 0.25) is 0 Å². The van der Waals surface area contributed by atoms with Crippen LogP contribution in [0.15, 0.2) is 28.4 Å². The van der Waals surface area contributed by atoms with Crippen LogP contribution in [0.3, 0.4) is 0 Å². The molecule has 0 unspecified atom stereocenters. The van der Waals surface area contributed by atoms with E-state index in [1.54, 1.807) is 0 Å². The summed E-state index contributed by atoms with van der Waals surface area (Å²) in [6.07, 6.45) is -4.53. The van der Waals surface area contributed by atoms with Gasteiger partial charge in [0.25, 0.3) is 0 Å². The Kier molecular flexibility index (Phi) is 3.54. The van der Waals surface area contributed by atoms with Gasteiger partial charge in [0.05, 0.1) is 0 Å². The van der Waals surface area contributed by atoms with Gasteiger partial charge in [-0.25, -0.2) is 0 Å². The van der Waals surface area contributed by atoms with Gasteiger partial charge in [0.2, 0.25) is 0 Å². The van der Waals surface area contributed by atoms with Crippen LogP contribution in [0.1, 0.15) is 18.1 Å². The average Bonchev–Trinajstić information content (AvgIpc) is 3.07. The first-order valence-corrected chi connectivity index (χ1v) is 6.27. The molecule has 0 aliphatic carbocycles. The Bertz CT molecular complexity index is 551. The van der Waals surface area contributed by atoms with Crippen LogP contribution in [0.5, 0.6) is 0 Å². The van der Waals surface area contributed by atoms with Crippen molar-refractivity contribution in [3.05, 3.63) is 32.9 Å². The van der Waals surface area contributed by atoms with Gasteiger partial charge in [-0.1, -0.05) is 12.1 Å². The highest BCUT2D eigenvalue weighted by Crippen LogP contribution is 2.52. The second-order valence-electron chi connectivity index (χ2n) is 3.96. The number of carbonyl (C=O) groups excluding carboxylic acids is 1. The van der Waals surface area contributed by atoms with Gasteiger partial charge in [0, 0.05) is 21.6 Å². The minimum absolute atomic E-state index is 0.0290. The molecule has 102 valence electrons. The molecule has 0 fully saturated rings. The molecule has 4 nitrogen and oxygen atoms in total. The lowest BCUT2D eigenvalue weighted by Crippen LogP contribution is -2.30. The number of esters is 1. The third-order valence-electron chi connectivity index (χ3n) is 2.58. The van der Waals surface area contributed by atoms with Gasteiger partial charge in [0.1, 0.15) is 6.61 Å². The van der Waals surface area contributed by atoms with Crippen LogP contribution < -0.4 is 0 Å². The largest absolute Gasteiger partial charge is 0.461 e. The van der Waals surface area contributed by atoms with Crippen LogP contribution in [-0.4, -0.2) is 12.1 Å². The van der Waals surface area contributed by atoms with Crippen molar-refractivity contribution in [1.82, 2.24) is 0 Å². The molecule has 0 bridgehead atoms. The number of halogens is 4. The fourth-order valence-corrected chi connectivity index (χ4v) is 2.17. The van der Waals surface area contributed by atoms with Gasteiger partial charge in [-0.05, 0) is 28.7 Å². The van der Waals surface area contributed by atoms with Crippen LogP contribution in [0.25, 0.3) is 0 Å². The van der Waals surface area contributed by atoms with Gasteiger partial charge < -0.3 is 4.74 Å². The summed E-state index contributed by atoms with van der Waals surface area (Å²) in [5.41, 5.74) is -1.80. The molecule has 19 heavy (non-hydrogen) atoms. The SMILES string of the molecule is CC(=O)OCc1ccc(C2(C(F)(F)F)N=N2)cc1I. The second-order valence-corrected chi connectivity index (χ2v) is 5.12. The summed E-state index contributed by atoms with van der Waals surface area (Å²) in [5.74, 6) is -0.446. The summed E-state index contributed by atoms with van der Waals surface area (Å²) in [5, 5.41) is 6.26. The highest BCUT2D eigenvalue weighted by atomic mass is 127. The highest BCUT2D eigenvalue weighted by Gasteiger charge is 2.65. The Morgan fingerprint density at radius 3 is 2.47 bits per heavy atom. The molecule has 0 amide bonds. The predicted octanol–water partition coefficient (Wildman–Crippen LogP) is 3.54. The summed E-state index contributed by atoms with van der Waals surface area (Å²) in [6.45, 7) is 1.29. The number of ether oxygens (including phenoxy) is 1. The van der Waals surface area contributed by atoms with Crippen molar-refractivity contribution in [2.75, 3.05) is 0 Å². The molecule has 2 rings (SSSR count). The number of nitrogens with zero attached hydrogens (tertiary/aromatic N) is 2. The Hall–Kier alpha value is -1.19. The second kappa shape index (κ2) is 4.73. The van der Waals surface area contributed by atoms with Crippen molar-refractivity contribution in [3.8, 4) is 0 Å². The molecular formula is C11H8F3IN2O2. The summed E-state index contributed by atoms with van der Waals surface area (Å²) in [4.78, 5) is 10.7. The molecule has 0 atom stereocenters. The normalized spacial score (nSPS) is 16.3. The summed E-state index contributed by atoms with van der Waals surface area (Å²) >= 11 is 1.89. The standard InChI is InChI=1S/C11H8F3IN2O2/c1-6(18)19-5-7-2-3-8(4-9(7)15)10(16-17-10)11(12,13)14/h2-4H,5H2,1H3. The first kappa shape index (κ1) is 14.2. The molecule has 0 radical (unpaired) electrons. The maximum absolute atomic E-state index is 12.8. The van der Waals surface area contributed by atoms with Crippen LogP contribution >= 0.6 is 22.6 Å². The van der Waals surface area contributed by atoms with Crippen LogP contribution in [-0.2, 0) is 21.8 Å². The zero-order valence-corrected chi connectivity index (χ0v) is 11.8. The summed E-state index contributed by atoms with van der Waals surface area (Å²) in [6, 6.07) is 4.14. The third-order valence-corrected chi connectivity index (χ3v) is 3.59. The number of carbonyl (C=O) groups is 1. The fourth-order valence-electron chi connectivity index (χ4n) is 1.50. The molecule has 1 aliphatic heterocycles. The molecule has 1 aromatic carbocycles. The predicted molar refractivity (Wildman–Crippen MR) is 67.2 cm³/mol. The Morgan fingerprint density at radius 1 is 1.42 bits per heavy atom. The number of benzene rings is 1. The lowest BCUT2D eigenvalue weighted by Gasteiger charge is -2.16. The van der Waals surface area contributed by atoms with Crippen molar-refractivity contribution in [2.24, 2.45) is 10.2 Å². The van der Waals surface area contributed by atoms with Crippen molar-refractivity contribution in [3.63, 3.8) is 0 Å². The van der Waals surface area contributed by atoms with Gasteiger partial charge in [0.15, 0.2) is 0 Å². The van der Waals surface area contributed by atoms with Crippen molar-refractivity contribution < 1.29 is 22.7 Å². The lowest BCUT2D eigenvalue weighted by atomic mass is 10.0. The Labute approximate surface area is 120 Å². The van der Waals surface area contributed by atoms with E-state index in [1.807, 2.05) is 22.6 Å². The summed E-state index contributed by atoms with van der Waals surface area (Å²) < 4.78 is 43.8. The smallest absolute Gasteiger partial charge is 0.442 e. The third kappa shape index (κ3) is 2.72. The number of alkyl halides is 3. The lowest BCUT2D eigenvalue weighted by molar-refractivity contribution is -0.166. The van der Waals surface area contributed by atoms with E-state index in [0.29, 0.717) is 9.13 Å². The topological polar surface area (TPSA) is 51.0 Å². The van der Waals surface area contributed by atoms with Crippen LogP contribution in [0.4, 0.5) is 13.2 Å². The number of rotatable bonds is 3. The average molecular weight is 384 g/mol. The van der Waals surface area contributed by atoms with E-state index in [4.69, 9.17) is 4.74 Å². The van der Waals surface area contributed by atoms with E-state index in [2.05, 4.69) is 10.2 Å². The van der Waals surface area contributed by atoms with Gasteiger partial charge in [-0.2, -0.15) is 13.2 Å². The zero-order valence-electron chi connectivity index (χ0n) is 9.66. The van der Waals surface area contributed by atoms with Crippen molar-refractivity contribution in [2.45, 2.75) is 25.4 Å². The van der Waals surface area contributed by atoms with E-state index < -0.39 is 17.8 Å². The zero-order chi connectivity index (χ0) is 14.3. The minimum Gasteiger partial charge on any atom is -0.461 e. The van der Waals surface area contributed by atoms with E-state index in [9.17, 15) is 18.0 Å². The van der Waals surface area contributed by atoms with E-state index in [1.165, 1.54) is 25.1 Å². The van der Waals surface area contributed by atoms with Crippen molar-refractivity contribution in [1.29, 1.82) is 0 Å².